The lowest BCUT2D eigenvalue weighted by Gasteiger charge is -2.34. The van der Waals surface area contributed by atoms with Gasteiger partial charge in [0.25, 0.3) is 0 Å². The molecule has 1 unspecified atom stereocenters. The van der Waals surface area contributed by atoms with E-state index in [-0.39, 0.29) is 29.8 Å². The monoisotopic (exact) mass is 207 g/mol. The zero-order chi connectivity index (χ0) is 9.19. The van der Waals surface area contributed by atoms with Gasteiger partial charge in [-0.15, -0.1) is 12.4 Å². The quantitative estimate of drug-likeness (QED) is 0.660. The van der Waals surface area contributed by atoms with E-state index in [0.29, 0.717) is 0 Å². The molecule has 78 valence electrons. The van der Waals surface area contributed by atoms with Crippen LogP contribution in [0.25, 0.3) is 0 Å². The highest BCUT2D eigenvalue weighted by molar-refractivity contribution is 5.85. The molecule has 1 heterocycles. The van der Waals surface area contributed by atoms with Crippen molar-refractivity contribution in [3.05, 3.63) is 0 Å². The van der Waals surface area contributed by atoms with Gasteiger partial charge in [0.05, 0.1) is 7.11 Å². The Morgan fingerprint density at radius 3 is 2.62 bits per heavy atom. The average Bonchev–Trinajstić information content (AvgIpc) is 2.01. The fourth-order valence-corrected chi connectivity index (χ4v) is 1.62. The van der Waals surface area contributed by atoms with E-state index in [1.165, 1.54) is 7.11 Å². The summed E-state index contributed by atoms with van der Waals surface area (Å²) in [6.45, 7) is 5.28. The van der Waals surface area contributed by atoms with Crippen molar-refractivity contribution in [1.82, 2.24) is 5.32 Å². The van der Waals surface area contributed by atoms with Gasteiger partial charge in [-0.05, 0) is 24.8 Å². The number of halogens is 1. The summed E-state index contributed by atoms with van der Waals surface area (Å²) in [5, 5.41) is 3.15. The molecular weight excluding hydrogens is 190 g/mol. The first kappa shape index (κ1) is 12.7. The van der Waals surface area contributed by atoms with Crippen molar-refractivity contribution in [3.8, 4) is 0 Å². The number of hydrogen-bond acceptors (Lipinski definition) is 3. The van der Waals surface area contributed by atoms with Gasteiger partial charge in [0.2, 0.25) is 0 Å². The predicted octanol–water partition coefficient (Wildman–Crippen LogP) is 1.36. The van der Waals surface area contributed by atoms with Gasteiger partial charge in [-0.1, -0.05) is 13.8 Å². The van der Waals surface area contributed by atoms with E-state index in [4.69, 9.17) is 0 Å². The third-order valence-electron chi connectivity index (χ3n) is 2.43. The maximum atomic E-state index is 11.2. The molecule has 0 radical (unpaired) electrons. The van der Waals surface area contributed by atoms with Crippen LogP contribution in [0, 0.1) is 5.41 Å². The molecule has 1 aliphatic heterocycles. The average molecular weight is 208 g/mol. The van der Waals surface area contributed by atoms with Gasteiger partial charge in [-0.25, -0.2) is 0 Å². The highest BCUT2D eigenvalue weighted by atomic mass is 35.5. The van der Waals surface area contributed by atoms with Gasteiger partial charge in [0.1, 0.15) is 6.04 Å². The van der Waals surface area contributed by atoms with Gasteiger partial charge in [-0.2, -0.15) is 0 Å². The largest absolute Gasteiger partial charge is 0.468 e. The first-order chi connectivity index (χ1) is 5.55. The van der Waals surface area contributed by atoms with Crippen molar-refractivity contribution >= 4 is 18.4 Å². The second kappa shape index (κ2) is 4.82. The number of hydrogen-bond donors (Lipinski definition) is 1. The molecule has 1 saturated heterocycles. The van der Waals surface area contributed by atoms with Gasteiger partial charge >= 0.3 is 5.97 Å². The Morgan fingerprint density at radius 2 is 2.15 bits per heavy atom. The van der Waals surface area contributed by atoms with Crippen LogP contribution in [0.15, 0.2) is 0 Å². The second-order valence-corrected chi connectivity index (χ2v) is 4.15. The maximum Gasteiger partial charge on any atom is 0.322 e. The molecule has 1 rings (SSSR count). The Morgan fingerprint density at radius 1 is 1.54 bits per heavy atom. The summed E-state index contributed by atoms with van der Waals surface area (Å²) in [5.41, 5.74) is 0.268. The van der Waals surface area contributed by atoms with Crippen molar-refractivity contribution in [2.75, 3.05) is 13.7 Å². The topological polar surface area (TPSA) is 38.3 Å². The van der Waals surface area contributed by atoms with Gasteiger partial charge in [0, 0.05) is 0 Å². The molecule has 1 N–H and O–H groups in total. The normalized spacial score (nSPS) is 25.9. The number of piperidine rings is 1. The maximum absolute atomic E-state index is 11.2. The Hall–Kier alpha value is -0.280. The van der Waals surface area contributed by atoms with E-state index in [0.717, 1.165) is 19.4 Å². The molecule has 0 aromatic carbocycles. The van der Waals surface area contributed by atoms with E-state index in [2.05, 4.69) is 23.9 Å². The lowest BCUT2D eigenvalue weighted by Crippen LogP contribution is -2.46. The number of carbonyl (C=O) groups is 1. The summed E-state index contributed by atoms with van der Waals surface area (Å²) in [6.07, 6.45) is 2.00. The fraction of sp³-hybridized carbons (Fsp3) is 0.889. The molecule has 0 amide bonds. The van der Waals surface area contributed by atoms with Crippen molar-refractivity contribution in [2.24, 2.45) is 5.41 Å². The second-order valence-electron chi connectivity index (χ2n) is 4.15. The molecule has 13 heavy (non-hydrogen) atoms. The summed E-state index contributed by atoms with van der Waals surface area (Å²) in [6, 6.07) is -0.0984. The predicted molar refractivity (Wildman–Crippen MR) is 54.1 cm³/mol. The SMILES string of the molecule is COC(=O)C1CC(C)(C)CCN1.Cl. The summed E-state index contributed by atoms with van der Waals surface area (Å²) < 4.78 is 4.68. The molecule has 1 atom stereocenters. The molecule has 3 nitrogen and oxygen atoms in total. The minimum atomic E-state index is -0.136. The van der Waals surface area contributed by atoms with Gasteiger partial charge in [-0.3, -0.25) is 4.79 Å². The molecule has 0 spiro atoms. The summed E-state index contributed by atoms with van der Waals surface area (Å²) in [4.78, 5) is 11.2. The number of rotatable bonds is 1. The molecule has 4 heteroatoms. The Bertz CT molecular complexity index is 182. The van der Waals surface area contributed by atoms with Crippen LogP contribution in [0.2, 0.25) is 0 Å². The molecule has 0 aliphatic carbocycles. The van der Waals surface area contributed by atoms with Crippen LogP contribution < -0.4 is 5.32 Å². The van der Waals surface area contributed by atoms with Gasteiger partial charge in [0.15, 0.2) is 0 Å². The van der Waals surface area contributed by atoms with Crippen LogP contribution in [-0.2, 0) is 9.53 Å². The Labute approximate surface area is 85.6 Å². The van der Waals surface area contributed by atoms with Crippen LogP contribution in [0.1, 0.15) is 26.7 Å². The number of methoxy groups -OCH3 is 1. The summed E-state index contributed by atoms with van der Waals surface area (Å²) in [7, 11) is 1.44. The van der Waals surface area contributed by atoms with Crippen LogP contribution in [0.5, 0.6) is 0 Å². The van der Waals surface area contributed by atoms with E-state index in [1.807, 2.05) is 0 Å². The highest BCUT2D eigenvalue weighted by Gasteiger charge is 2.31. The minimum absolute atomic E-state index is 0. The van der Waals surface area contributed by atoms with E-state index < -0.39 is 0 Å². The molecule has 0 aromatic rings. The number of carbonyl (C=O) groups excluding carboxylic acids is 1. The zero-order valence-electron chi connectivity index (χ0n) is 8.42. The lowest BCUT2D eigenvalue weighted by molar-refractivity contribution is -0.144. The Kier molecular flexibility index (Phi) is 4.71. The van der Waals surface area contributed by atoms with Gasteiger partial charge < -0.3 is 10.1 Å². The molecule has 1 fully saturated rings. The van der Waals surface area contributed by atoms with E-state index in [1.54, 1.807) is 0 Å². The molecule has 1 aliphatic rings. The van der Waals surface area contributed by atoms with E-state index >= 15 is 0 Å². The van der Waals surface area contributed by atoms with Crippen LogP contribution >= 0.6 is 12.4 Å². The standard InChI is InChI=1S/C9H17NO2.ClH/c1-9(2)4-5-10-7(6-9)8(11)12-3;/h7,10H,4-6H2,1-3H3;1H. The third kappa shape index (κ3) is 3.53. The van der Waals surface area contributed by atoms with Crippen LogP contribution in [0.3, 0.4) is 0 Å². The van der Waals surface area contributed by atoms with Crippen molar-refractivity contribution in [3.63, 3.8) is 0 Å². The summed E-state index contributed by atoms with van der Waals surface area (Å²) in [5.74, 6) is -0.136. The molecular formula is C9H18ClNO2. The Balaban J connectivity index is 0.00000144. The zero-order valence-corrected chi connectivity index (χ0v) is 9.24. The number of ether oxygens (including phenoxy) is 1. The van der Waals surface area contributed by atoms with Crippen LogP contribution in [-0.4, -0.2) is 25.7 Å². The van der Waals surface area contributed by atoms with Crippen molar-refractivity contribution in [2.45, 2.75) is 32.7 Å². The van der Waals surface area contributed by atoms with Crippen LogP contribution in [0.4, 0.5) is 0 Å². The van der Waals surface area contributed by atoms with Crippen molar-refractivity contribution in [1.29, 1.82) is 0 Å². The number of nitrogens with one attached hydrogen (secondary N) is 1. The third-order valence-corrected chi connectivity index (χ3v) is 2.43. The number of esters is 1. The fourth-order valence-electron chi connectivity index (χ4n) is 1.62. The smallest absolute Gasteiger partial charge is 0.322 e. The van der Waals surface area contributed by atoms with E-state index in [9.17, 15) is 4.79 Å². The first-order valence-electron chi connectivity index (χ1n) is 4.36. The first-order valence-corrected chi connectivity index (χ1v) is 4.36. The molecule has 0 aromatic heterocycles. The summed E-state index contributed by atoms with van der Waals surface area (Å²) >= 11 is 0. The highest BCUT2D eigenvalue weighted by Crippen LogP contribution is 2.29. The molecule has 0 bridgehead atoms. The minimum Gasteiger partial charge on any atom is -0.468 e. The van der Waals surface area contributed by atoms with Crippen molar-refractivity contribution < 1.29 is 9.53 Å². The lowest BCUT2D eigenvalue weighted by atomic mass is 9.80. The molecule has 0 saturated carbocycles.